The molecule has 0 radical (unpaired) electrons. The molecule has 0 aromatic carbocycles. The fraction of sp³-hybridized carbons (Fsp3) is 0.643. The number of nitrogens with one attached hydrogen (secondary N) is 1. The zero-order chi connectivity index (χ0) is 13.8. The predicted octanol–water partition coefficient (Wildman–Crippen LogP) is 1.03. The van der Waals surface area contributed by atoms with Crippen molar-refractivity contribution in [2.75, 3.05) is 39.5 Å². The van der Waals surface area contributed by atoms with E-state index in [4.69, 9.17) is 9.47 Å². The number of rotatable bonds is 5. The van der Waals surface area contributed by atoms with Crippen LogP contribution in [0.5, 0.6) is 0 Å². The minimum absolute atomic E-state index is 0.114. The Morgan fingerprint density at radius 2 is 2.25 bits per heavy atom. The van der Waals surface area contributed by atoms with E-state index in [1.165, 1.54) is 4.88 Å². The number of ether oxygens (including phenoxy) is 2. The molecule has 20 heavy (non-hydrogen) atoms. The van der Waals surface area contributed by atoms with Crippen LogP contribution >= 0.6 is 11.3 Å². The number of esters is 1. The molecule has 1 aromatic heterocycles. The van der Waals surface area contributed by atoms with Crippen LogP contribution in [0.1, 0.15) is 17.3 Å². The molecule has 0 saturated carbocycles. The summed E-state index contributed by atoms with van der Waals surface area (Å²) in [5, 5.41) is 5.47. The second-order valence-electron chi connectivity index (χ2n) is 5.10. The monoisotopic (exact) mass is 296 g/mol. The highest BCUT2D eigenvalue weighted by molar-refractivity contribution is 7.10. The van der Waals surface area contributed by atoms with Crippen LogP contribution in [0, 0.1) is 0 Å². The van der Waals surface area contributed by atoms with Gasteiger partial charge >= 0.3 is 5.97 Å². The number of morpholine rings is 1. The lowest BCUT2D eigenvalue weighted by molar-refractivity contribution is -0.139. The van der Waals surface area contributed by atoms with Crippen molar-refractivity contribution in [2.45, 2.75) is 18.5 Å². The first-order chi connectivity index (χ1) is 9.84. The normalized spacial score (nSPS) is 25.6. The Morgan fingerprint density at radius 3 is 2.90 bits per heavy atom. The van der Waals surface area contributed by atoms with Gasteiger partial charge in [0.2, 0.25) is 0 Å². The molecule has 2 fully saturated rings. The first kappa shape index (κ1) is 14.0. The lowest BCUT2D eigenvalue weighted by Gasteiger charge is -2.34. The van der Waals surface area contributed by atoms with Crippen LogP contribution in [0.2, 0.25) is 0 Å². The van der Waals surface area contributed by atoms with Gasteiger partial charge in [-0.05, 0) is 11.4 Å². The third kappa shape index (κ3) is 3.20. The maximum atomic E-state index is 11.5. The Hall–Kier alpha value is -0.950. The van der Waals surface area contributed by atoms with Crippen LogP contribution in [0.25, 0.3) is 0 Å². The summed E-state index contributed by atoms with van der Waals surface area (Å²) in [4.78, 5) is 15.3. The molecule has 2 aliphatic rings. The minimum Gasteiger partial charge on any atom is -0.464 e. The second-order valence-corrected chi connectivity index (χ2v) is 6.08. The highest BCUT2D eigenvalue weighted by atomic mass is 32.1. The average molecular weight is 296 g/mol. The molecule has 2 atom stereocenters. The Kier molecular flexibility index (Phi) is 4.67. The maximum absolute atomic E-state index is 11.5. The Balaban J connectivity index is 1.64. The smallest absolute Gasteiger partial charge is 0.323 e. The van der Waals surface area contributed by atoms with E-state index in [2.05, 4.69) is 27.7 Å². The second kappa shape index (κ2) is 6.67. The van der Waals surface area contributed by atoms with Gasteiger partial charge in [-0.15, -0.1) is 11.3 Å². The molecule has 1 N–H and O–H groups in total. The Labute approximate surface area is 122 Å². The van der Waals surface area contributed by atoms with E-state index in [1.54, 1.807) is 11.3 Å². The molecule has 3 heterocycles. The van der Waals surface area contributed by atoms with Crippen molar-refractivity contribution in [1.82, 2.24) is 10.2 Å². The Morgan fingerprint density at radius 1 is 1.40 bits per heavy atom. The van der Waals surface area contributed by atoms with Crippen molar-refractivity contribution >= 4 is 17.3 Å². The minimum atomic E-state index is -0.140. The predicted molar refractivity (Wildman–Crippen MR) is 76.8 cm³/mol. The van der Waals surface area contributed by atoms with Gasteiger partial charge in [0.05, 0.1) is 25.9 Å². The number of carbonyl (C=O) groups excluding carboxylic acids is 1. The molecule has 110 valence electrons. The van der Waals surface area contributed by atoms with E-state index in [9.17, 15) is 4.79 Å². The highest BCUT2D eigenvalue weighted by Gasteiger charge is 2.29. The number of hydrogen-bond donors (Lipinski definition) is 1. The highest BCUT2D eigenvalue weighted by Crippen LogP contribution is 2.25. The number of carbonyl (C=O) groups is 1. The summed E-state index contributed by atoms with van der Waals surface area (Å²) in [6.45, 7) is 4.78. The third-order valence-electron chi connectivity index (χ3n) is 3.85. The van der Waals surface area contributed by atoms with Crippen molar-refractivity contribution in [3.05, 3.63) is 22.4 Å². The van der Waals surface area contributed by atoms with Crippen molar-refractivity contribution in [3.8, 4) is 0 Å². The summed E-state index contributed by atoms with van der Waals surface area (Å²) in [6.07, 6.45) is 0.777. The average Bonchev–Trinajstić information content (AvgIpc) is 3.13. The molecular formula is C14H20N2O3S. The van der Waals surface area contributed by atoms with Crippen molar-refractivity contribution < 1.29 is 14.3 Å². The number of thiophene rings is 1. The van der Waals surface area contributed by atoms with Crippen molar-refractivity contribution in [3.63, 3.8) is 0 Å². The van der Waals surface area contributed by atoms with E-state index in [0.717, 1.165) is 39.3 Å². The van der Waals surface area contributed by atoms with E-state index < -0.39 is 0 Å². The molecule has 1 aromatic rings. The van der Waals surface area contributed by atoms with Gasteiger partial charge in [-0.2, -0.15) is 0 Å². The van der Waals surface area contributed by atoms with Crippen molar-refractivity contribution in [2.24, 2.45) is 0 Å². The first-order valence-electron chi connectivity index (χ1n) is 7.10. The maximum Gasteiger partial charge on any atom is 0.323 e. The zero-order valence-corrected chi connectivity index (χ0v) is 12.2. The van der Waals surface area contributed by atoms with Gasteiger partial charge in [0.15, 0.2) is 0 Å². The van der Waals surface area contributed by atoms with Gasteiger partial charge in [0, 0.05) is 30.9 Å². The van der Waals surface area contributed by atoms with E-state index >= 15 is 0 Å². The molecule has 6 heteroatoms. The largest absolute Gasteiger partial charge is 0.464 e. The molecular weight excluding hydrogens is 276 g/mol. The molecule has 0 amide bonds. The summed E-state index contributed by atoms with van der Waals surface area (Å²) in [5.41, 5.74) is 0. The fourth-order valence-corrected chi connectivity index (χ4v) is 3.58. The summed E-state index contributed by atoms with van der Waals surface area (Å²) < 4.78 is 10.4. The van der Waals surface area contributed by atoms with Crippen LogP contribution in [-0.2, 0) is 14.3 Å². The molecule has 0 bridgehead atoms. The quantitative estimate of drug-likeness (QED) is 0.822. The molecule has 3 rings (SSSR count). The van der Waals surface area contributed by atoms with Crippen LogP contribution < -0.4 is 5.32 Å². The van der Waals surface area contributed by atoms with Gasteiger partial charge in [-0.25, -0.2) is 0 Å². The summed E-state index contributed by atoms with van der Waals surface area (Å²) in [6, 6.07) is 4.42. The molecule has 0 aliphatic carbocycles. The number of cyclic esters (lactones) is 1. The van der Waals surface area contributed by atoms with E-state index in [1.807, 2.05) is 0 Å². The fourth-order valence-electron chi connectivity index (χ4n) is 2.71. The van der Waals surface area contributed by atoms with E-state index in [0.29, 0.717) is 12.6 Å². The lowest BCUT2D eigenvalue weighted by Crippen LogP contribution is -2.45. The molecule has 2 aliphatic heterocycles. The van der Waals surface area contributed by atoms with Gasteiger partial charge in [0.1, 0.15) is 6.04 Å². The number of hydrogen-bond acceptors (Lipinski definition) is 6. The van der Waals surface area contributed by atoms with Crippen LogP contribution in [-0.4, -0.2) is 56.4 Å². The summed E-state index contributed by atoms with van der Waals surface area (Å²) >= 11 is 1.77. The van der Waals surface area contributed by atoms with Crippen LogP contribution in [0.3, 0.4) is 0 Å². The summed E-state index contributed by atoms with van der Waals surface area (Å²) in [7, 11) is 0. The Bertz CT molecular complexity index is 432. The van der Waals surface area contributed by atoms with E-state index in [-0.39, 0.29) is 12.0 Å². The van der Waals surface area contributed by atoms with Crippen LogP contribution in [0.15, 0.2) is 17.5 Å². The van der Waals surface area contributed by atoms with Crippen LogP contribution in [0.4, 0.5) is 0 Å². The SMILES string of the molecule is O=C1OCC[C@H]1NC[C@H](c1cccs1)N1CCOCC1. The van der Waals surface area contributed by atoms with Gasteiger partial charge in [-0.3, -0.25) is 9.69 Å². The third-order valence-corrected chi connectivity index (χ3v) is 4.82. The summed E-state index contributed by atoms with van der Waals surface area (Å²) in [5.74, 6) is -0.114. The van der Waals surface area contributed by atoms with Crippen molar-refractivity contribution in [1.29, 1.82) is 0 Å². The topological polar surface area (TPSA) is 50.8 Å². The standard InChI is InChI=1S/C14H20N2O3S/c17-14-11(3-6-19-14)15-10-12(13-2-1-9-20-13)16-4-7-18-8-5-16/h1-2,9,11-12,15H,3-8,10H2/t11-,12-/m1/s1. The van der Waals surface area contributed by atoms with Gasteiger partial charge in [0.25, 0.3) is 0 Å². The molecule has 5 nitrogen and oxygen atoms in total. The molecule has 0 spiro atoms. The zero-order valence-electron chi connectivity index (χ0n) is 11.4. The molecule has 0 unspecified atom stereocenters. The lowest BCUT2D eigenvalue weighted by atomic mass is 10.1. The van der Waals surface area contributed by atoms with Gasteiger partial charge < -0.3 is 14.8 Å². The number of nitrogens with zero attached hydrogens (tertiary/aromatic N) is 1. The molecule has 2 saturated heterocycles. The van der Waals surface area contributed by atoms with Gasteiger partial charge in [-0.1, -0.05) is 6.07 Å². The first-order valence-corrected chi connectivity index (χ1v) is 7.98.